The molecule has 78 valence electrons. The lowest BCUT2D eigenvalue weighted by atomic mass is 10.2. The summed E-state index contributed by atoms with van der Waals surface area (Å²) in [5, 5.41) is 2.97. The first-order valence-electron chi connectivity index (χ1n) is 4.37. The molecule has 0 heterocycles. The number of hydrogen-bond donors (Lipinski definition) is 1. The lowest BCUT2D eigenvalue weighted by Crippen LogP contribution is -2.23. The molecule has 0 amide bonds. The van der Waals surface area contributed by atoms with E-state index >= 15 is 0 Å². The molecule has 1 rings (SSSR count). The van der Waals surface area contributed by atoms with Gasteiger partial charge in [-0.15, -0.1) is 0 Å². The number of hydrogen-bond acceptors (Lipinski definition) is 1. The second-order valence-electron chi connectivity index (χ2n) is 3.38. The molecule has 1 nitrogen and oxygen atoms in total. The predicted molar refractivity (Wildman–Crippen MR) is 56.0 cm³/mol. The molecule has 14 heavy (non-hydrogen) atoms. The Morgan fingerprint density at radius 1 is 1.29 bits per heavy atom. The highest BCUT2D eigenvalue weighted by Crippen LogP contribution is 2.19. The maximum absolute atomic E-state index is 13.3. The SMILES string of the molecule is CC(C)NCc1c(F)cc(Br)cc1F. The fourth-order valence-corrected chi connectivity index (χ4v) is 1.45. The van der Waals surface area contributed by atoms with Gasteiger partial charge in [0.2, 0.25) is 0 Å². The van der Waals surface area contributed by atoms with E-state index < -0.39 is 11.6 Å². The van der Waals surface area contributed by atoms with Crippen LogP contribution in [0, 0.1) is 11.6 Å². The Morgan fingerprint density at radius 3 is 2.21 bits per heavy atom. The highest BCUT2D eigenvalue weighted by atomic mass is 79.9. The van der Waals surface area contributed by atoms with Gasteiger partial charge in [-0.1, -0.05) is 29.8 Å². The van der Waals surface area contributed by atoms with Crippen LogP contribution in [0.3, 0.4) is 0 Å². The Bertz CT molecular complexity index is 303. The summed E-state index contributed by atoms with van der Waals surface area (Å²) in [7, 11) is 0. The third-order valence-electron chi connectivity index (χ3n) is 1.79. The summed E-state index contributed by atoms with van der Waals surface area (Å²) in [5.41, 5.74) is 0.0851. The lowest BCUT2D eigenvalue weighted by Gasteiger charge is -2.09. The Labute approximate surface area is 90.6 Å². The van der Waals surface area contributed by atoms with Gasteiger partial charge >= 0.3 is 0 Å². The third kappa shape index (κ3) is 3.03. The van der Waals surface area contributed by atoms with Gasteiger partial charge in [-0.2, -0.15) is 0 Å². The number of rotatable bonds is 3. The molecule has 0 aliphatic rings. The van der Waals surface area contributed by atoms with E-state index in [-0.39, 0.29) is 18.2 Å². The molecule has 0 atom stereocenters. The molecular weight excluding hydrogens is 252 g/mol. The molecule has 1 aromatic carbocycles. The van der Waals surface area contributed by atoms with Crippen LogP contribution in [0.4, 0.5) is 8.78 Å². The van der Waals surface area contributed by atoms with Crippen molar-refractivity contribution in [3.63, 3.8) is 0 Å². The van der Waals surface area contributed by atoms with Crippen LogP contribution >= 0.6 is 15.9 Å². The zero-order valence-electron chi connectivity index (χ0n) is 8.07. The zero-order valence-corrected chi connectivity index (χ0v) is 9.66. The summed E-state index contributed by atoms with van der Waals surface area (Å²) in [6, 6.07) is 2.73. The van der Waals surface area contributed by atoms with Gasteiger partial charge in [-0.25, -0.2) is 8.78 Å². The fourth-order valence-electron chi connectivity index (χ4n) is 1.05. The number of halogens is 3. The van der Waals surface area contributed by atoms with Gasteiger partial charge in [0.25, 0.3) is 0 Å². The molecule has 0 unspecified atom stereocenters. The molecule has 0 aliphatic heterocycles. The Balaban J connectivity index is 2.86. The Hall–Kier alpha value is -0.480. The first-order chi connectivity index (χ1) is 6.50. The van der Waals surface area contributed by atoms with E-state index in [2.05, 4.69) is 21.2 Å². The minimum absolute atomic E-state index is 0.0851. The minimum atomic E-state index is -0.523. The Morgan fingerprint density at radius 2 is 1.79 bits per heavy atom. The van der Waals surface area contributed by atoms with Gasteiger partial charge in [0.15, 0.2) is 0 Å². The smallest absolute Gasteiger partial charge is 0.131 e. The van der Waals surface area contributed by atoms with Crippen molar-refractivity contribution in [2.24, 2.45) is 0 Å². The summed E-state index contributed by atoms with van der Waals surface area (Å²) < 4.78 is 26.9. The van der Waals surface area contributed by atoms with Gasteiger partial charge in [-0.05, 0) is 12.1 Å². The zero-order chi connectivity index (χ0) is 10.7. The van der Waals surface area contributed by atoms with Crippen LogP contribution in [0.2, 0.25) is 0 Å². The maximum Gasteiger partial charge on any atom is 0.131 e. The van der Waals surface area contributed by atoms with Crippen molar-refractivity contribution >= 4 is 15.9 Å². The highest BCUT2D eigenvalue weighted by Gasteiger charge is 2.10. The summed E-state index contributed by atoms with van der Waals surface area (Å²) in [6.07, 6.45) is 0. The summed E-state index contributed by atoms with van der Waals surface area (Å²) >= 11 is 3.03. The topological polar surface area (TPSA) is 12.0 Å². The first-order valence-corrected chi connectivity index (χ1v) is 5.17. The molecule has 4 heteroatoms. The fraction of sp³-hybridized carbons (Fsp3) is 0.400. The minimum Gasteiger partial charge on any atom is -0.310 e. The lowest BCUT2D eigenvalue weighted by molar-refractivity contribution is 0.514. The van der Waals surface area contributed by atoms with E-state index in [1.807, 2.05) is 13.8 Å². The average Bonchev–Trinajstić information content (AvgIpc) is 2.01. The van der Waals surface area contributed by atoms with Crippen molar-refractivity contribution < 1.29 is 8.78 Å². The molecular formula is C10H12BrF2N. The molecule has 1 aromatic rings. The molecule has 0 bridgehead atoms. The summed E-state index contributed by atoms with van der Waals surface area (Å²) in [5.74, 6) is -1.05. The van der Waals surface area contributed by atoms with Crippen molar-refractivity contribution in [1.29, 1.82) is 0 Å². The van der Waals surface area contributed by atoms with Crippen molar-refractivity contribution in [3.05, 3.63) is 33.8 Å². The van der Waals surface area contributed by atoms with E-state index in [4.69, 9.17) is 0 Å². The first kappa shape index (κ1) is 11.6. The van der Waals surface area contributed by atoms with E-state index in [9.17, 15) is 8.78 Å². The quantitative estimate of drug-likeness (QED) is 0.883. The molecule has 1 N–H and O–H groups in total. The molecule has 0 radical (unpaired) electrons. The van der Waals surface area contributed by atoms with Crippen molar-refractivity contribution in [2.45, 2.75) is 26.4 Å². The highest BCUT2D eigenvalue weighted by molar-refractivity contribution is 9.10. The van der Waals surface area contributed by atoms with Crippen LogP contribution in [0.1, 0.15) is 19.4 Å². The van der Waals surface area contributed by atoms with Gasteiger partial charge in [-0.3, -0.25) is 0 Å². The van der Waals surface area contributed by atoms with Crippen LogP contribution in [0.25, 0.3) is 0 Å². The van der Waals surface area contributed by atoms with Gasteiger partial charge in [0.1, 0.15) is 11.6 Å². The van der Waals surface area contributed by atoms with Gasteiger partial charge in [0, 0.05) is 22.6 Å². The summed E-state index contributed by atoms with van der Waals surface area (Å²) in [6.45, 7) is 4.06. The summed E-state index contributed by atoms with van der Waals surface area (Å²) in [4.78, 5) is 0. The largest absolute Gasteiger partial charge is 0.310 e. The molecule has 0 aromatic heterocycles. The maximum atomic E-state index is 13.3. The van der Waals surface area contributed by atoms with Crippen LogP contribution in [-0.4, -0.2) is 6.04 Å². The number of nitrogens with one attached hydrogen (secondary N) is 1. The van der Waals surface area contributed by atoms with Crippen molar-refractivity contribution in [2.75, 3.05) is 0 Å². The number of benzene rings is 1. The second-order valence-corrected chi connectivity index (χ2v) is 4.30. The van der Waals surface area contributed by atoms with E-state index in [1.54, 1.807) is 0 Å². The normalized spacial score (nSPS) is 11.0. The van der Waals surface area contributed by atoms with Crippen LogP contribution in [-0.2, 0) is 6.54 Å². The molecule has 0 saturated carbocycles. The van der Waals surface area contributed by atoms with Crippen molar-refractivity contribution in [1.82, 2.24) is 5.32 Å². The van der Waals surface area contributed by atoms with E-state index in [0.29, 0.717) is 4.47 Å². The average molecular weight is 264 g/mol. The van der Waals surface area contributed by atoms with Crippen LogP contribution < -0.4 is 5.32 Å². The van der Waals surface area contributed by atoms with Gasteiger partial charge in [0.05, 0.1) is 0 Å². The van der Waals surface area contributed by atoms with E-state index in [0.717, 1.165) is 0 Å². The molecule has 0 aliphatic carbocycles. The monoisotopic (exact) mass is 263 g/mol. The second kappa shape index (κ2) is 4.84. The van der Waals surface area contributed by atoms with Crippen LogP contribution in [0.5, 0.6) is 0 Å². The molecule has 0 fully saturated rings. The standard InChI is InChI=1S/C10H12BrF2N/c1-6(2)14-5-8-9(12)3-7(11)4-10(8)13/h3-4,6,14H,5H2,1-2H3. The molecule has 0 saturated heterocycles. The van der Waals surface area contributed by atoms with Gasteiger partial charge < -0.3 is 5.32 Å². The van der Waals surface area contributed by atoms with Crippen LogP contribution in [0.15, 0.2) is 16.6 Å². The molecule has 0 spiro atoms. The van der Waals surface area contributed by atoms with Crippen molar-refractivity contribution in [3.8, 4) is 0 Å². The third-order valence-corrected chi connectivity index (χ3v) is 2.25. The van der Waals surface area contributed by atoms with E-state index in [1.165, 1.54) is 12.1 Å². The predicted octanol–water partition coefficient (Wildman–Crippen LogP) is 3.23. The Kier molecular flexibility index (Phi) is 4.01.